The number of amides is 1. The van der Waals surface area contributed by atoms with E-state index in [2.05, 4.69) is 5.32 Å². The first-order valence-electron chi connectivity index (χ1n) is 7.90. The predicted molar refractivity (Wildman–Crippen MR) is 96.3 cm³/mol. The Labute approximate surface area is 146 Å². The third kappa shape index (κ3) is 4.32. The smallest absolute Gasteiger partial charge is 0.335 e. The molecule has 0 unspecified atom stereocenters. The minimum Gasteiger partial charge on any atom is -0.478 e. The van der Waals surface area contributed by atoms with Crippen molar-refractivity contribution in [2.45, 2.75) is 27.7 Å². The maximum atomic E-state index is 12.4. The number of aromatic carboxylic acids is 1. The number of nitrogens with one attached hydrogen (secondary N) is 1. The van der Waals surface area contributed by atoms with E-state index < -0.39 is 11.4 Å². The summed E-state index contributed by atoms with van der Waals surface area (Å²) < 4.78 is 0. The monoisotopic (exact) mass is 339 g/mol. The number of carboxylic acids is 1. The third-order valence-electron chi connectivity index (χ3n) is 3.81. The van der Waals surface area contributed by atoms with Gasteiger partial charge in [-0.1, -0.05) is 32.9 Å². The lowest BCUT2D eigenvalue weighted by atomic mass is 9.86. The zero-order valence-electron chi connectivity index (χ0n) is 14.7. The summed E-state index contributed by atoms with van der Waals surface area (Å²) in [6, 6.07) is 11.0. The Bertz CT molecular complexity index is 830. The van der Waals surface area contributed by atoms with Crippen molar-refractivity contribution in [3.05, 3.63) is 64.7 Å². The Balaban J connectivity index is 2.16. The van der Waals surface area contributed by atoms with Gasteiger partial charge in [0.15, 0.2) is 5.78 Å². The first kappa shape index (κ1) is 18.4. The van der Waals surface area contributed by atoms with E-state index in [1.54, 1.807) is 37.3 Å². The third-order valence-corrected chi connectivity index (χ3v) is 3.81. The number of anilines is 1. The highest BCUT2D eigenvalue weighted by molar-refractivity contribution is 6.06. The molecule has 0 bridgehead atoms. The van der Waals surface area contributed by atoms with Gasteiger partial charge in [0, 0.05) is 22.2 Å². The number of Topliss-reactive ketones (excluding diaryl/α,β-unsaturated/α-hetero) is 1. The van der Waals surface area contributed by atoms with Gasteiger partial charge in [-0.2, -0.15) is 0 Å². The molecule has 2 rings (SSSR count). The number of carbonyl (C=O) groups is 3. The predicted octanol–water partition coefficient (Wildman–Crippen LogP) is 4.17. The van der Waals surface area contributed by atoms with Gasteiger partial charge in [-0.3, -0.25) is 9.59 Å². The number of hydrogen-bond acceptors (Lipinski definition) is 3. The quantitative estimate of drug-likeness (QED) is 0.819. The summed E-state index contributed by atoms with van der Waals surface area (Å²) in [5.74, 6) is -1.32. The first-order valence-corrected chi connectivity index (χ1v) is 7.90. The molecule has 0 aliphatic heterocycles. The van der Waals surface area contributed by atoms with Crippen molar-refractivity contribution in [3.8, 4) is 0 Å². The highest BCUT2D eigenvalue weighted by Gasteiger charge is 2.22. The van der Waals surface area contributed by atoms with Gasteiger partial charge in [0.05, 0.1) is 5.56 Å². The van der Waals surface area contributed by atoms with E-state index >= 15 is 0 Å². The van der Waals surface area contributed by atoms with Crippen LogP contribution in [0, 0.1) is 12.3 Å². The molecule has 0 saturated heterocycles. The van der Waals surface area contributed by atoms with E-state index in [0.29, 0.717) is 22.4 Å². The van der Waals surface area contributed by atoms with Crippen molar-refractivity contribution in [2.24, 2.45) is 5.41 Å². The second-order valence-electron chi connectivity index (χ2n) is 6.95. The van der Waals surface area contributed by atoms with Gasteiger partial charge in [0.2, 0.25) is 0 Å². The summed E-state index contributed by atoms with van der Waals surface area (Å²) in [6.07, 6.45) is 0. The Morgan fingerprint density at radius 2 is 1.40 bits per heavy atom. The van der Waals surface area contributed by atoms with Crippen molar-refractivity contribution < 1.29 is 19.5 Å². The van der Waals surface area contributed by atoms with Crippen molar-refractivity contribution in [2.75, 3.05) is 5.32 Å². The van der Waals surface area contributed by atoms with Crippen LogP contribution in [0.25, 0.3) is 0 Å². The zero-order chi connectivity index (χ0) is 18.8. The van der Waals surface area contributed by atoms with Crippen LogP contribution in [0.3, 0.4) is 0 Å². The Hall–Kier alpha value is -2.95. The maximum absolute atomic E-state index is 12.4. The summed E-state index contributed by atoms with van der Waals surface area (Å²) in [4.78, 5) is 35.5. The SMILES string of the molecule is Cc1cc(C(=O)O)ccc1NC(=O)c1ccc(C(=O)C(C)(C)C)cc1. The van der Waals surface area contributed by atoms with E-state index in [4.69, 9.17) is 5.11 Å². The number of carboxylic acid groups (broad SMARTS) is 1. The van der Waals surface area contributed by atoms with Gasteiger partial charge in [0.25, 0.3) is 5.91 Å². The van der Waals surface area contributed by atoms with Crippen LogP contribution in [-0.2, 0) is 0 Å². The van der Waals surface area contributed by atoms with Crippen LogP contribution in [-0.4, -0.2) is 22.8 Å². The van der Waals surface area contributed by atoms with Gasteiger partial charge in [-0.25, -0.2) is 4.79 Å². The van der Waals surface area contributed by atoms with Gasteiger partial charge in [0.1, 0.15) is 0 Å². The summed E-state index contributed by atoms with van der Waals surface area (Å²) in [7, 11) is 0. The topological polar surface area (TPSA) is 83.5 Å². The minimum absolute atomic E-state index is 0.0135. The molecule has 25 heavy (non-hydrogen) atoms. The van der Waals surface area contributed by atoms with E-state index in [9.17, 15) is 14.4 Å². The van der Waals surface area contributed by atoms with Crippen LogP contribution in [0.2, 0.25) is 0 Å². The fourth-order valence-corrected chi connectivity index (χ4v) is 2.34. The fourth-order valence-electron chi connectivity index (χ4n) is 2.34. The van der Waals surface area contributed by atoms with E-state index in [-0.39, 0.29) is 17.3 Å². The second-order valence-corrected chi connectivity index (χ2v) is 6.95. The molecule has 2 aromatic carbocycles. The van der Waals surface area contributed by atoms with Gasteiger partial charge >= 0.3 is 5.97 Å². The molecule has 2 aromatic rings. The maximum Gasteiger partial charge on any atom is 0.335 e. The van der Waals surface area contributed by atoms with Crippen molar-refractivity contribution in [1.82, 2.24) is 0 Å². The number of hydrogen-bond donors (Lipinski definition) is 2. The van der Waals surface area contributed by atoms with Crippen LogP contribution in [0.5, 0.6) is 0 Å². The molecule has 5 heteroatoms. The standard InChI is InChI=1S/C20H21NO4/c1-12-11-15(19(24)25)9-10-16(12)21-18(23)14-7-5-13(6-8-14)17(22)20(2,3)4/h5-11H,1-4H3,(H,21,23)(H,24,25). The number of carbonyl (C=O) groups excluding carboxylic acids is 2. The van der Waals surface area contributed by atoms with Crippen LogP contribution >= 0.6 is 0 Å². The normalized spacial score (nSPS) is 11.0. The Morgan fingerprint density at radius 3 is 1.88 bits per heavy atom. The molecule has 0 aliphatic rings. The van der Waals surface area contributed by atoms with Crippen molar-refractivity contribution >= 4 is 23.3 Å². The highest BCUT2D eigenvalue weighted by atomic mass is 16.4. The summed E-state index contributed by atoms with van der Waals surface area (Å²) >= 11 is 0. The molecular weight excluding hydrogens is 318 g/mol. The lowest BCUT2D eigenvalue weighted by Crippen LogP contribution is -2.20. The number of benzene rings is 2. The zero-order valence-corrected chi connectivity index (χ0v) is 14.7. The lowest BCUT2D eigenvalue weighted by Gasteiger charge is -2.16. The van der Waals surface area contributed by atoms with Crippen LogP contribution in [0.15, 0.2) is 42.5 Å². The van der Waals surface area contributed by atoms with Crippen molar-refractivity contribution in [1.29, 1.82) is 0 Å². The second kappa shape index (κ2) is 6.89. The summed E-state index contributed by atoms with van der Waals surface area (Å²) in [5, 5.41) is 11.7. The van der Waals surface area contributed by atoms with Gasteiger partial charge in [-0.15, -0.1) is 0 Å². The summed E-state index contributed by atoms with van der Waals surface area (Å²) in [5.41, 5.74) is 1.88. The molecule has 130 valence electrons. The minimum atomic E-state index is -1.01. The molecule has 0 saturated carbocycles. The van der Waals surface area contributed by atoms with Gasteiger partial charge in [-0.05, 0) is 42.8 Å². The Morgan fingerprint density at radius 1 is 0.880 bits per heavy atom. The molecular formula is C20H21NO4. The number of rotatable bonds is 4. The molecule has 0 atom stereocenters. The Kier molecular flexibility index (Phi) is 5.07. The van der Waals surface area contributed by atoms with Crippen LogP contribution in [0.4, 0.5) is 5.69 Å². The van der Waals surface area contributed by atoms with Crippen molar-refractivity contribution in [3.63, 3.8) is 0 Å². The number of ketones is 1. The molecule has 1 amide bonds. The summed E-state index contributed by atoms with van der Waals surface area (Å²) in [6.45, 7) is 7.27. The van der Waals surface area contributed by atoms with Crippen LogP contribution in [0.1, 0.15) is 57.4 Å². The molecule has 0 aromatic heterocycles. The van der Waals surface area contributed by atoms with E-state index in [0.717, 1.165) is 0 Å². The molecule has 2 N–H and O–H groups in total. The van der Waals surface area contributed by atoms with Crippen LogP contribution < -0.4 is 5.32 Å². The molecule has 5 nitrogen and oxygen atoms in total. The lowest BCUT2D eigenvalue weighted by molar-refractivity contribution is 0.0696. The molecule has 0 fully saturated rings. The largest absolute Gasteiger partial charge is 0.478 e. The average molecular weight is 339 g/mol. The highest BCUT2D eigenvalue weighted by Crippen LogP contribution is 2.22. The van der Waals surface area contributed by atoms with Gasteiger partial charge < -0.3 is 10.4 Å². The number of aryl methyl sites for hydroxylation is 1. The fraction of sp³-hybridized carbons (Fsp3) is 0.250. The van der Waals surface area contributed by atoms with E-state index in [1.165, 1.54) is 12.1 Å². The molecule has 0 radical (unpaired) electrons. The average Bonchev–Trinajstić information content (AvgIpc) is 2.55. The molecule has 0 aliphatic carbocycles. The first-order chi connectivity index (χ1) is 11.6. The molecule has 0 spiro atoms. The van der Waals surface area contributed by atoms with E-state index in [1.807, 2.05) is 20.8 Å². The molecule has 0 heterocycles.